The summed E-state index contributed by atoms with van der Waals surface area (Å²) in [7, 11) is 0. The van der Waals surface area contributed by atoms with Crippen LogP contribution in [-0.4, -0.2) is 23.5 Å². The van der Waals surface area contributed by atoms with Crippen molar-refractivity contribution < 1.29 is 9.59 Å². The minimum absolute atomic E-state index is 0.0522. The number of nitrogens with zero attached hydrogens (tertiary/aromatic N) is 4. The average Bonchev–Trinajstić information content (AvgIpc) is 3.00. The molecule has 0 radical (unpaired) electrons. The Bertz CT molecular complexity index is 1650. The third-order valence-electron chi connectivity index (χ3n) is 6.69. The van der Waals surface area contributed by atoms with Crippen molar-refractivity contribution in [1.29, 1.82) is 0 Å². The molecule has 2 unspecified atom stereocenters. The number of fused-ring (bicyclic) bond motifs is 9. The molecule has 2 aliphatic carbocycles. The zero-order valence-corrected chi connectivity index (χ0v) is 21.3. The molecular weight excluding hydrogens is 504 g/mol. The van der Waals surface area contributed by atoms with E-state index in [1.165, 1.54) is 22.3 Å². The SMILES string of the molecule is NC1=NC2c3ccccc3-c3ccccc3C2N=N1.NN=C(N)N.O=C1C(=O)c2ccccc2-c2ccccc21. The van der Waals surface area contributed by atoms with E-state index in [0.717, 1.165) is 11.1 Å². The van der Waals surface area contributed by atoms with Crippen LogP contribution in [0.4, 0.5) is 0 Å². The highest BCUT2D eigenvalue weighted by molar-refractivity contribution is 6.52. The molecule has 0 spiro atoms. The van der Waals surface area contributed by atoms with Crippen molar-refractivity contribution in [3.05, 3.63) is 119 Å². The number of hydrogen-bond acceptors (Lipinski definition) is 8. The van der Waals surface area contributed by atoms with Gasteiger partial charge in [0, 0.05) is 11.1 Å². The van der Waals surface area contributed by atoms with Gasteiger partial charge in [-0.1, -0.05) is 97.1 Å². The fourth-order valence-electron chi connectivity index (χ4n) is 4.97. The van der Waals surface area contributed by atoms with E-state index in [1.54, 1.807) is 24.3 Å². The third-order valence-corrected chi connectivity index (χ3v) is 6.69. The lowest BCUT2D eigenvalue weighted by atomic mass is 9.79. The van der Waals surface area contributed by atoms with Crippen molar-refractivity contribution >= 4 is 23.5 Å². The van der Waals surface area contributed by atoms with Crippen molar-refractivity contribution in [1.82, 2.24) is 0 Å². The Labute approximate surface area is 230 Å². The Morgan fingerprint density at radius 3 is 1.43 bits per heavy atom. The number of guanidine groups is 2. The zero-order chi connectivity index (χ0) is 28.2. The van der Waals surface area contributed by atoms with Gasteiger partial charge in [-0.25, -0.2) is 4.99 Å². The van der Waals surface area contributed by atoms with Crippen LogP contribution in [0.3, 0.4) is 0 Å². The number of nitrogens with two attached hydrogens (primary N) is 4. The maximum Gasteiger partial charge on any atom is 0.235 e. The normalized spacial score (nSPS) is 17.1. The summed E-state index contributed by atoms with van der Waals surface area (Å²) < 4.78 is 0. The van der Waals surface area contributed by atoms with E-state index in [4.69, 9.17) is 17.2 Å². The lowest BCUT2D eigenvalue weighted by Gasteiger charge is -2.31. The Morgan fingerprint density at radius 1 is 0.600 bits per heavy atom. The lowest BCUT2D eigenvalue weighted by Crippen LogP contribution is -2.23. The smallest absolute Gasteiger partial charge is 0.235 e. The third kappa shape index (κ3) is 4.81. The van der Waals surface area contributed by atoms with Crippen LogP contribution in [-0.2, 0) is 0 Å². The highest BCUT2D eigenvalue weighted by Gasteiger charge is 2.35. The fourth-order valence-corrected chi connectivity index (χ4v) is 4.97. The first kappa shape index (κ1) is 26.0. The Morgan fingerprint density at radius 2 is 0.975 bits per heavy atom. The summed E-state index contributed by atoms with van der Waals surface area (Å²) in [5.41, 5.74) is 22.6. The van der Waals surface area contributed by atoms with Gasteiger partial charge < -0.3 is 23.0 Å². The van der Waals surface area contributed by atoms with Crippen LogP contribution in [0.15, 0.2) is 117 Å². The Hall–Kier alpha value is -5.64. The summed E-state index contributed by atoms with van der Waals surface area (Å²) in [6.45, 7) is 0. The molecule has 0 aromatic heterocycles. The van der Waals surface area contributed by atoms with Crippen LogP contribution in [0.25, 0.3) is 22.3 Å². The van der Waals surface area contributed by atoms with Gasteiger partial charge in [0.15, 0.2) is 0 Å². The highest BCUT2D eigenvalue weighted by Crippen LogP contribution is 2.49. The predicted molar refractivity (Wildman–Crippen MR) is 154 cm³/mol. The summed E-state index contributed by atoms with van der Waals surface area (Å²) in [5.74, 6) is 3.86. The largest absolute Gasteiger partial charge is 0.369 e. The number of azo groups is 1. The van der Waals surface area contributed by atoms with Crippen LogP contribution < -0.4 is 23.0 Å². The van der Waals surface area contributed by atoms with E-state index < -0.39 is 11.6 Å². The summed E-state index contributed by atoms with van der Waals surface area (Å²) >= 11 is 0. The molecule has 0 saturated heterocycles. The molecule has 0 bridgehead atoms. The monoisotopic (exact) mass is 530 g/mol. The quantitative estimate of drug-likeness (QED) is 0.0870. The van der Waals surface area contributed by atoms with E-state index >= 15 is 0 Å². The van der Waals surface area contributed by atoms with E-state index in [2.05, 4.69) is 50.4 Å². The summed E-state index contributed by atoms with van der Waals surface area (Å²) in [6.07, 6.45) is 0. The summed E-state index contributed by atoms with van der Waals surface area (Å²) in [5, 5.41) is 11.1. The van der Waals surface area contributed by atoms with Crippen molar-refractivity contribution in [3.63, 3.8) is 0 Å². The van der Waals surface area contributed by atoms with Crippen molar-refractivity contribution in [3.8, 4) is 22.3 Å². The van der Waals surface area contributed by atoms with Gasteiger partial charge in [-0.05, 0) is 33.4 Å². The number of benzene rings is 4. The maximum atomic E-state index is 11.8. The first-order valence-corrected chi connectivity index (χ1v) is 12.4. The summed E-state index contributed by atoms with van der Waals surface area (Å²) in [6, 6.07) is 30.9. The van der Waals surface area contributed by atoms with Crippen molar-refractivity contribution in [2.45, 2.75) is 12.1 Å². The van der Waals surface area contributed by atoms with Gasteiger partial charge in [-0.2, -0.15) is 5.11 Å². The fraction of sp³-hybridized carbons (Fsp3) is 0.0667. The van der Waals surface area contributed by atoms with E-state index in [-0.39, 0.29) is 24.0 Å². The second kappa shape index (κ2) is 11.0. The minimum atomic E-state index is -0.408. The first-order valence-electron chi connectivity index (χ1n) is 12.4. The molecule has 0 amide bonds. The number of hydrazone groups is 1. The van der Waals surface area contributed by atoms with Gasteiger partial charge in [-0.3, -0.25) is 9.59 Å². The van der Waals surface area contributed by atoms with Gasteiger partial charge in [0.1, 0.15) is 12.1 Å². The Kier molecular flexibility index (Phi) is 7.14. The molecule has 2 atom stereocenters. The van der Waals surface area contributed by atoms with Crippen LogP contribution in [0, 0.1) is 0 Å². The zero-order valence-electron chi connectivity index (χ0n) is 21.3. The number of aliphatic imine (C=N–C) groups is 1. The second-order valence-electron chi connectivity index (χ2n) is 9.07. The van der Waals surface area contributed by atoms with Gasteiger partial charge in [0.05, 0.1) is 0 Å². The van der Waals surface area contributed by atoms with Crippen LogP contribution in [0.2, 0.25) is 0 Å². The first-order chi connectivity index (χ1) is 19.4. The van der Waals surface area contributed by atoms with Gasteiger partial charge in [-0.15, -0.1) is 10.2 Å². The second-order valence-corrected chi connectivity index (χ2v) is 9.07. The van der Waals surface area contributed by atoms with Gasteiger partial charge in [0.2, 0.25) is 23.5 Å². The number of Topliss-reactive ketones (excluding diaryl/α,β-unsaturated/α-hetero) is 2. The molecule has 4 aromatic rings. The molecule has 4 aromatic carbocycles. The average molecular weight is 531 g/mol. The standard InChI is InChI=1S/C15H12N4.C14H8O2.CH6N4/c16-15-17-13-11-7-3-1-5-9(11)10-6-2-4-8-12(10)14(13)18-19-15;15-13-11-7-3-1-5-9(11)10-6-2-4-8-12(10)14(13)16;2-1(3)5-4/h1-8,13-14H,(H2,16,17);1-8H;4H2,(H4,2,3,5). The molecule has 40 heavy (non-hydrogen) atoms. The molecule has 1 heterocycles. The Balaban J connectivity index is 0.000000140. The van der Waals surface area contributed by atoms with E-state index in [0.29, 0.717) is 11.1 Å². The molecule has 10 heteroatoms. The predicted octanol–water partition coefficient (Wildman–Crippen LogP) is 4.10. The molecular formula is C30H26N8O2. The van der Waals surface area contributed by atoms with Crippen LogP contribution in [0.5, 0.6) is 0 Å². The highest BCUT2D eigenvalue weighted by atomic mass is 16.2. The molecule has 7 rings (SSSR count). The molecule has 0 saturated carbocycles. The summed E-state index contributed by atoms with van der Waals surface area (Å²) in [4.78, 5) is 28.1. The van der Waals surface area contributed by atoms with Gasteiger partial charge in [0.25, 0.3) is 0 Å². The maximum absolute atomic E-state index is 11.8. The molecule has 1 aliphatic heterocycles. The van der Waals surface area contributed by atoms with E-state index in [9.17, 15) is 9.59 Å². The number of hydrogen-bond donors (Lipinski definition) is 4. The minimum Gasteiger partial charge on any atom is -0.369 e. The lowest BCUT2D eigenvalue weighted by molar-refractivity contribution is 0.0815. The van der Waals surface area contributed by atoms with E-state index in [1.807, 2.05) is 48.5 Å². The number of carbonyl (C=O) groups excluding carboxylic acids is 2. The molecule has 198 valence electrons. The van der Waals surface area contributed by atoms with Crippen LogP contribution >= 0.6 is 0 Å². The molecule has 3 aliphatic rings. The molecule has 8 N–H and O–H groups in total. The van der Waals surface area contributed by atoms with Gasteiger partial charge >= 0.3 is 0 Å². The number of rotatable bonds is 0. The number of carbonyl (C=O) groups is 2. The molecule has 10 nitrogen and oxygen atoms in total. The molecule has 0 fully saturated rings. The van der Waals surface area contributed by atoms with Crippen molar-refractivity contribution in [2.75, 3.05) is 0 Å². The topological polar surface area (TPSA) is 188 Å². The number of ketones is 2. The van der Waals surface area contributed by atoms with Crippen LogP contribution in [0.1, 0.15) is 43.9 Å². The van der Waals surface area contributed by atoms with Crippen molar-refractivity contribution in [2.24, 2.45) is 43.4 Å².